The van der Waals surface area contributed by atoms with Crippen LogP contribution in [0.15, 0.2) is 24.3 Å². The molecule has 0 radical (unpaired) electrons. The number of ether oxygens (including phenoxy) is 1. The lowest BCUT2D eigenvalue weighted by atomic mass is 10.1. The standard InChI is InChI=1S/C14H16N2O2S/c1-3-12-14(19-16-15-12)13(17)9-6-10-4-7-11(18-2)8-5-10/h4-5,7-8H,3,6,9H2,1-2H3. The highest BCUT2D eigenvalue weighted by Crippen LogP contribution is 2.17. The highest BCUT2D eigenvalue weighted by molar-refractivity contribution is 7.08. The molecule has 0 amide bonds. The van der Waals surface area contributed by atoms with Crippen molar-refractivity contribution in [1.29, 1.82) is 0 Å². The number of hydrogen-bond donors (Lipinski definition) is 0. The van der Waals surface area contributed by atoms with E-state index in [1.54, 1.807) is 7.11 Å². The van der Waals surface area contributed by atoms with Crippen LogP contribution in [0.25, 0.3) is 0 Å². The number of benzene rings is 1. The molecule has 0 saturated heterocycles. The van der Waals surface area contributed by atoms with Gasteiger partial charge in [0, 0.05) is 6.42 Å². The molecule has 0 saturated carbocycles. The Morgan fingerprint density at radius 1 is 1.32 bits per heavy atom. The first-order chi connectivity index (χ1) is 9.24. The molecule has 19 heavy (non-hydrogen) atoms. The number of aryl methyl sites for hydroxylation is 2. The average Bonchev–Trinajstić information content (AvgIpc) is 2.93. The monoisotopic (exact) mass is 276 g/mol. The van der Waals surface area contributed by atoms with Crippen molar-refractivity contribution in [1.82, 2.24) is 9.59 Å². The van der Waals surface area contributed by atoms with Crippen molar-refractivity contribution in [3.63, 3.8) is 0 Å². The van der Waals surface area contributed by atoms with E-state index in [1.165, 1.54) is 11.5 Å². The van der Waals surface area contributed by atoms with Gasteiger partial charge in [-0.25, -0.2) is 0 Å². The van der Waals surface area contributed by atoms with Gasteiger partial charge in [0.25, 0.3) is 0 Å². The lowest BCUT2D eigenvalue weighted by molar-refractivity contribution is 0.0985. The zero-order valence-electron chi connectivity index (χ0n) is 11.0. The quantitative estimate of drug-likeness (QED) is 0.761. The Bertz CT molecular complexity index is 549. The van der Waals surface area contributed by atoms with Crippen LogP contribution in [-0.2, 0) is 12.8 Å². The molecule has 0 fully saturated rings. The second-order valence-electron chi connectivity index (χ2n) is 4.17. The first kappa shape index (κ1) is 13.7. The zero-order chi connectivity index (χ0) is 13.7. The summed E-state index contributed by atoms with van der Waals surface area (Å²) in [6.07, 6.45) is 1.97. The molecule has 100 valence electrons. The molecule has 0 spiro atoms. The summed E-state index contributed by atoms with van der Waals surface area (Å²) < 4.78 is 8.95. The molecular weight excluding hydrogens is 260 g/mol. The van der Waals surface area contributed by atoms with E-state index in [1.807, 2.05) is 31.2 Å². The first-order valence-electron chi connectivity index (χ1n) is 6.22. The third-order valence-corrected chi connectivity index (χ3v) is 3.75. The normalized spacial score (nSPS) is 10.4. The minimum absolute atomic E-state index is 0.127. The average molecular weight is 276 g/mol. The van der Waals surface area contributed by atoms with E-state index in [4.69, 9.17) is 4.74 Å². The molecule has 0 aliphatic heterocycles. The van der Waals surface area contributed by atoms with Crippen molar-refractivity contribution in [2.45, 2.75) is 26.2 Å². The third kappa shape index (κ3) is 3.38. The smallest absolute Gasteiger partial charge is 0.176 e. The number of ketones is 1. The van der Waals surface area contributed by atoms with Crippen molar-refractivity contribution in [2.75, 3.05) is 7.11 Å². The number of methoxy groups -OCH3 is 1. The Balaban J connectivity index is 1.96. The van der Waals surface area contributed by atoms with E-state index < -0.39 is 0 Å². The molecule has 0 aliphatic rings. The van der Waals surface area contributed by atoms with E-state index in [2.05, 4.69) is 9.59 Å². The molecule has 0 aliphatic carbocycles. The van der Waals surface area contributed by atoms with Crippen molar-refractivity contribution < 1.29 is 9.53 Å². The van der Waals surface area contributed by atoms with Crippen LogP contribution in [0.3, 0.4) is 0 Å². The lowest BCUT2D eigenvalue weighted by Crippen LogP contribution is -2.02. The molecule has 2 rings (SSSR count). The first-order valence-corrected chi connectivity index (χ1v) is 6.99. The molecule has 0 atom stereocenters. The van der Waals surface area contributed by atoms with Crippen LogP contribution < -0.4 is 4.74 Å². The van der Waals surface area contributed by atoms with Gasteiger partial charge in [0.2, 0.25) is 0 Å². The van der Waals surface area contributed by atoms with Gasteiger partial charge in [0.05, 0.1) is 12.8 Å². The summed E-state index contributed by atoms with van der Waals surface area (Å²) in [5.74, 6) is 0.956. The van der Waals surface area contributed by atoms with Crippen LogP contribution in [0.1, 0.15) is 34.3 Å². The summed E-state index contributed by atoms with van der Waals surface area (Å²) in [4.78, 5) is 12.8. The summed E-state index contributed by atoms with van der Waals surface area (Å²) >= 11 is 1.19. The van der Waals surface area contributed by atoms with Gasteiger partial charge in [-0.15, -0.1) is 5.10 Å². The van der Waals surface area contributed by atoms with E-state index in [9.17, 15) is 4.79 Å². The minimum atomic E-state index is 0.127. The lowest BCUT2D eigenvalue weighted by Gasteiger charge is -2.03. The van der Waals surface area contributed by atoms with Crippen LogP contribution in [0.4, 0.5) is 0 Å². The zero-order valence-corrected chi connectivity index (χ0v) is 11.9. The van der Waals surface area contributed by atoms with Crippen LogP contribution in [0, 0.1) is 0 Å². The van der Waals surface area contributed by atoms with Crippen molar-refractivity contribution in [2.24, 2.45) is 0 Å². The third-order valence-electron chi connectivity index (χ3n) is 2.94. The molecule has 2 aromatic rings. The Labute approximate surface area is 116 Å². The van der Waals surface area contributed by atoms with Gasteiger partial charge in [-0.3, -0.25) is 4.79 Å². The Morgan fingerprint density at radius 3 is 2.68 bits per heavy atom. The molecule has 4 nitrogen and oxygen atoms in total. The van der Waals surface area contributed by atoms with Crippen LogP contribution >= 0.6 is 11.5 Å². The number of carbonyl (C=O) groups excluding carboxylic acids is 1. The molecule has 1 aromatic carbocycles. The topological polar surface area (TPSA) is 52.1 Å². The Hall–Kier alpha value is -1.75. The maximum absolute atomic E-state index is 12.1. The van der Waals surface area contributed by atoms with Crippen molar-refractivity contribution in [3.05, 3.63) is 40.4 Å². The molecule has 1 aromatic heterocycles. The van der Waals surface area contributed by atoms with Crippen LogP contribution in [-0.4, -0.2) is 22.5 Å². The van der Waals surface area contributed by atoms with E-state index >= 15 is 0 Å². The second kappa shape index (κ2) is 6.43. The van der Waals surface area contributed by atoms with E-state index in [-0.39, 0.29) is 5.78 Å². The summed E-state index contributed by atoms with van der Waals surface area (Å²) in [5, 5.41) is 3.96. The largest absolute Gasteiger partial charge is 0.497 e. The fraction of sp³-hybridized carbons (Fsp3) is 0.357. The maximum Gasteiger partial charge on any atom is 0.176 e. The fourth-order valence-electron chi connectivity index (χ4n) is 1.82. The van der Waals surface area contributed by atoms with Crippen LogP contribution in [0.5, 0.6) is 5.75 Å². The van der Waals surface area contributed by atoms with Gasteiger partial charge < -0.3 is 4.74 Å². The summed E-state index contributed by atoms with van der Waals surface area (Å²) in [6.45, 7) is 1.98. The predicted molar refractivity (Wildman–Crippen MR) is 74.9 cm³/mol. The van der Waals surface area contributed by atoms with Gasteiger partial charge in [-0.1, -0.05) is 23.5 Å². The van der Waals surface area contributed by atoms with Gasteiger partial charge >= 0.3 is 0 Å². The SMILES string of the molecule is CCc1nnsc1C(=O)CCc1ccc(OC)cc1. The number of Topliss-reactive ketones (excluding diaryl/α,β-unsaturated/α-hetero) is 1. The summed E-state index contributed by atoms with van der Waals surface area (Å²) in [7, 11) is 1.64. The van der Waals surface area contributed by atoms with E-state index in [0.717, 1.165) is 29.8 Å². The van der Waals surface area contributed by atoms with Gasteiger partial charge in [-0.05, 0) is 42.1 Å². The highest BCUT2D eigenvalue weighted by atomic mass is 32.1. The number of nitrogens with zero attached hydrogens (tertiary/aromatic N) is 2. The molecule has 5 heteroatoms. The van der Waals surface area contributed by atoms with Crippen molar-refractivity contribution in [3.8, 4) is 5.75 Å². The highest BCUT2D eigenvalue weighted by Gasteiger charge is 2.14. The Kier molecular flexibility index (Phi) is 4.63. The minimum Gasteiger partial charge on any atom is -0.497 e. The number of aromatic nitrogens is 2. The maximum atomic E-state index is 12.1. The number of rotatable bonds is 6. The van der Waals surface area contributed by atoms with Crippen molar-refractivity contribution >= 4 is 17.3 Å². The van der Waals surface area contributed by atoms with E-state index in [0.29, 0.717) is 11.3 Å². The Morgan fingerprint density at radius 2 is 2.05 bits per heavy atom. The summed E-state index contributed by atoms with van der Waals surface area (Å²) in [6, 6.07) is 7.78. The molecular formula is C14H16N2O2S. The number of carbonyl (C=O) groups is 1. The van der Waals surface area contributed by atoms with Crippen LogP contribution in [0.2, 0.25) is 0 Å². The molecule has 0 bridgehead atoms. The molecule has 0 unspecified atom stereocenters. The summed E-state index contributed by atoms with van der Waals surface area (Å²) in [5.41, 5.74) is 1.94. The predicted octanol–water partition coefficient (Wildman–Crippen LogP) is 2.92. The van der Waals surface area contributed by atoms with Gasteiger partial charge in [0.15, 0.2) is 5.78 Å². The number of hydrogen-bond acceptors (Lipinski definition) is 5. The fourth-order valence-corrected chi connectivity index (χ4v) is 2.53. The second-order valence-corrected chi connectivity index (χ2v) is 4.93. The molecule has 0 N–H and O–H groups in total. The van der Waals surface area contributed by atoms with Gasteiger partial charge in [0.1, 0.15) is 10.6 Å². The molecule has 1 heterocycles. The van der Waals surface area contributed by atoms with Gasteiger partial charge in [-0.2, -0.15) is 0 Å².